The number of benzene rings is 1. The molecule has 32 heavy (non-hydrogen) atoms. The molecule has 0 saturated heterocycles. The molecule has 0 aliphatic carbocycles. The Morgan fingerprint density at radius 3 is 2.72 bits per heavy atom. The van der Waals surface area contributed by atoms with Crippen LogP contribution in [0, 0.1) is 0 Å². The standard InChI is InChI=1S/C22H18N4O5S/c27-19(24-14-5-6-17-18(11-14)31-9-8-30-17)13-25-16-4-1-7-23-20(16)21(28)26(22(25)29)12-15-3-2-10-32-15/h1-7,10-11H,8-9,12-13H2,(H,24,27). The third-order valence-electron chi connectivity index (χ3n) is 5.01. The zero-order chi connectivity index (χ0) is 22.1. The summed E-state index contributed by atoms with van der Waals surface area (Å²) < 4.78 is 13.4. The van der Waals surface area contributed by atoms with Crippen LogP contribution >= 0.6 is 11.3 Å². The van der Waals surface area contributed by atoms with Crippen molar-refractivity contribution in [1.82, 2.24) is 14.1 Å². The average Bonchev–Trinajstić information content (AvgIpc) is 3.33. The summed E-state index contributed by atoms with van der Waals surface area (Å²) in [4.78, 5) is 43.9. The first-order valence-electron chi connectivity index (χ1n) is 9.90. The highest BCUT2D eigenvalue weighted by atomic mass is 32.1. The van der Waals surface area contributed by atoms with Gasteiger partial charge in [-0.05, 0) is 35.7 Å². The van der Waals surface area contributed by atoms with Crippen LogP contribution < -0.4 is 26.0 Å². The number of ether oxygens (including phenoxy) is 2. The molecule has 1 aromatic carbocycles. The van der Waals surface area contributed by atoms with E-state index in [9.17, 15) is 14.4 Å². The summed E-state index contributed by atoms with van der Waals surface area (Å²) in [5.74, 6) is 0.740. The van der Waals surface area contributed by atoms with Gasteiger partial charge in [-0.1, -0.05) is 6.07 Å². The summed E-state index contributed by atoms with van der Waals surface area (Å²) in [6.45, 7) is 0.750. The minimum absolute atomic E-state index is 0.117. The number of nitrogens with one attached hydrogen (secondary N) is 1. The Balaban J connectivity index is 1.48. The lowest BCUT2D eigenvalue weighted by molar-refractivity contribution is -0.116. The molecule has 1 amide bonds. The average molecular weight is 450 g/mol. The SMILES string of the molecule is O=C(Cn1c(=O)n(Cc2cccs2)c(=O)c2ncccc21)Nc1ccc2c(c1)OCCO2. The van der Waals surface area contributed by atoms with E-state index in [0.29, 0.717) is 35.9 Å². The predicted octanol–water partition coefficient (Wildman–Crippen LogP) is 2.08. The molecule has 162 valence electrons. The molecule has 3 aromatic heterocycles. The molecule has 5 rings (SSSR count). The van der Waals surface area contributed by atoms with Crippen LogP contribution in [0.25, 0.3) is 11.0 Å². The summed E-state index contributed by atoms with van der Waals surface area (Å²) in [5.41, 5.74) is -0.0941. The Bertz CT molecular complexity index is 1420. The molecule has 0 atom stereocenters. The van der Waals surface area contributed by atoms with E-state index < -0.39 is 17.2 Å². The van der Waals surface area contributed by atoms with Crippen LogP contribution in [0.1, 0.15) is 4.88 Å². The van der Waals surface area contributed by atoms with Gasteiger partial charge < -0.3 is 14.8 Å². The number of hydrogen-bond donors (Lipinski definition) is 1. The maximum atomic E-state index is 13.2. The smallest absolute Gasteiger partial charge is 0.332 e. The number of anilines is 1. The molecule has 1 N–H and O–H groups in total. The van der Waals surface area contributed by atoms with E-state index in [-0.39, 0.29) is 18.6 Å². The van der Waals surface area contributed by atoms with E-state index in [1.807, 2.05) is 17.5 Å². The van der Waals surface area contributed by atoms with E-state index in [4.69, 9.17) is 9.47 Å². The zero-order valence-corrected chi connectivity index (χ0v) is 17.6. The Labute approximate surface area is 185 Å². The lowest BCUT2D eigenvalue weighted by atomic mass is 10.2. The molecule has 0 unspecified atom stereocenters. The quantitative estimate of drug-likeness (QED) is 0.499. The summed E-state index contributed by atoms with van der Waals surface area (Å²) in [6, 6.07) is 12.0. The van der Waals surface area contributed by atoms with Crippen molar-refractivity contribution in [2.75, 3.05) is 18.5 Å². The highest BCUT2D eigenvalue weighted by Gasteiger charge is 2.18. The first-order chi connectivity index (χ1) is 15.6. The lowest BCUT2D eigenvalue weighted by Gasteiger charge is -2.19. The number of fused-ring (bicyclic) bond motifs is 2. The first-order valence-corrected chi connectivity index (χ1v) is 10.8. The third-order valence-corrected chi connectivity index (χ3v) is 5.87. The van der Waals surface area contributed by atoms with Crippen LogP contribution in [0.2, 0.25) is 0 Å². The maximum absolute atomic E-state index is 13.2. The van der Waals surface area contributed by atoms with Crippen molar-refractivity contribution in [3.05, 3.63) is 79.8 Å². The predicted molar refractivity (Wildman–Crippen MR) is 120 cm³/mol. The van der Waals surface area contributed by atoms with Gasteiger partial charge in [-0.3, -0.25) is 18.7 Å². The van der Waals surface area contributed by atoms with Crippen LogP contribution in [0.5, 0.6) is 11.5 Å². The van der Waals surface area contributed by atoms with Crippen LogP contribution in [0.15, 0.2) is 63.6 Å². The van der Waals surface area contributed by atoms with Gasteiger partial charge in [0.15, 0.2) is 17.0 Å². The van der Waals surface area contributed by atoms with Gasteiger partial charge >= 0.3 is 5.69 Å². The second-order valence-corrected chi connectivity index (χ2v) is 8.15. The largest absolute Gasteiger partial charge is 0.486 e. The second-order valence-electron chi connectivity index (χ2n) is 7.12. The third kappa shape index (κ3) is 3.76. The molecule has 9 nitrogen and oxygen atoms in total. The molecule has 10 heteroatoms. The van der Waals surface area contributed by atoms with E-state index in [1.165, 1.54) is 22.1 Å². The fraction of sp³-hybridized carbons (Fsp3) is 0.182. The maximum Gasteiger partial charge on any atom is 0.332 e. The summed E-state index contributed by atoms with van der Waals surface area (Å²) in [7, 11) is 0. The molecular weight excluding hydrogens is 432 g/mol. The number of hydrogen-bond acceptors (Lipinski definition) is 7. The molecule has 1 aliphatic heterocycles. The molecule has 0 spiro atoms. The van der Waals surface area contributed by atoms with Crippen LogP contribution in [0.3, 0.4) is 0 Å². The number of carbonyl (C=O) groups is 1. The molecule has 1 aliphatic rings. The van der Waals surface area contributed by atoms with Gasteiger partial charge in [0, 0.05) is 22.8 Å². The molecule has 4 aromatic rings. The van der Waals surface area contributed by atoms with Crippen molar-refractivity contribution < 1.29 is 14.3 Å². The van der Waals surface area contributed by atoms with Crippen molar-refractivity contribution in [2.45, 2.75) is 13.1 Å². The number of pyridine rings is 1. The second kappa shape index (κ2) is 8.31. The highest BCUT2D eigenvalue weighted by Crippen LogP contribution is 2.32. The van der Waals surface area contributed by atoms with Gasteiger partial charge in [0.25, 0.3) is 5.56 Å². The summed E-state index contributed by atoms with van der Waals surface area (Å²) in [6.07, 6.45) is 1.49. The molecule has 0 bridgehead atoms. The number of carbonyl (C=O) groups excluding carboxylic acids is 1. The van der Waals surface area contributed by atoms with Gasteiger partial charge in [0.2, 0.25) is 5.91 Å². The van der Waals surface area contributed by atoms with Crippen LogP contribution in [0.4, 0.5) is 5.69 Å². The minimum atomic E-state index is -0.568. The monoisotopic (exact) mass is 450 g/mol. The number of nitrogens with zero attached hydrogens (tertiary/aromatic N) is 3. The van der Waals surface area contributed by atoms with E-state index >= 15 is 0 Å². The van der Waals surface area contributed by atoms with Crippen LogP contribution in [-0.4, -0.2) is 33.2 Å². The first kappa shape index (κ1) is 20.0. The Morgan fingerprint density at radius 2 is 1.91 bits per heavy atom. The van der Waals surface area contributed by atoms with Crippen molar-refractivity contribution >= 4 is 34.0 Å². The van der Waals surface area contributed by atoms with Crippen LogP contribution in [-0.2, 0) is 17.9 Å². The van der Waals surface area contributed by atoms with Gasteiger partial charge in [-0.25, -0.2) is 9.78 Å². The van der Waals surface area contributed by atoms with Gasteiger partial charge in [-0.2, -0.15) is 0 Å². The number of aromatic nitrogens is 3. The minimum Gasteiger partial charge on any atom is -0.486 e. The molecule has 0 radical (unpaired) electrons. The van der Waals surface area contributed by atoms with Crippen molar-refractivity contribution in [1.29, 1.82) is 0 Å². The topological polar surface area (TPSA) is 104 Å². The molecule has 0 saturated carbocycles. The van der Waals surface area contributed by atoms with E-state index in [2.05, 4.69) is 10.3 Å². The van der Waals surface area contributed by atoms with Crippen molar-refractivity contribution in [3.63, 3.8) is 0 Å². The number of thiophene rings is 1. The highest BCUT2D eigenvalue weighted by molar-refractivity contribution is 7.09. The van der Waals surface area contributed by atoms with Crippen molar-refractivity contribution in [2.24, 2.45) is 0 Å². The van der Waals surface area contributed by atoms with E-state index in [1.54, 1.807) is 30.3 Å². The summed E-state index contributed by atoms with van der Waals surface area (Å²) in [5, 5.41) is 4.65. The van der Waals surface area contributed by atoms with E-state index in [0.717, 1.165) is 9.44 Å². The Kier molecular flexibility index (Phi) is 5.20. The normalized spacial score (nSPS) is 12.6. The molecule has 0 fully saturated rings. The Morgan fingerprint density at radius 1 is 1.06 bits per heavy atom. The number of rotatable bonds is 5. The van der Waals surface area contributed by atoms with Crippen molar-refractivity contribution in [3.8, 4) is 11.5 Å². The fourth-order valence-electron chi connectivity index (χ4n) is 3.56. The molecule has 4 heterocycles. The number of amides is 1. The fourth-order valence-corrected chi connectivity index (χ4v) is 4.25. The lowest BCUT2D eigenvalue weighted by Crippen LogP contribution is -2.42. The van der Waals surface area contributed by atoms with Gasteiger partial charge in [0.05, 0.1) is 12.1 Å². The molecular formula is C22H18N4O5S. The summed E-state index contributed by atoms with van der Waals surface area (Å²) >= 11 is 1.44. The van der Waals surface area contributed by atoms with Gasteiger partial charge in [0.1, 0.15) is 19.8 Å². The van der Waals surface area contributed by atoms with Gasteiger partial charge in [-0.15, -0.1) is 11.3 Å². The zero-order valence-electron chi connectivity index (χ0n) is 16.8. The Hall–Kier alpha value is -3.92.